The second kappa shape index (κ2) is 3.99. The second-order valence-electron chi connectivity index (χ2n) is 5.54. The van der Waals surface area contributed by atoms with E-state index in [-0.39, 0.29) is 5.41 Å². The SMILES string of the molecule is CCC(C)c1nn(C)c(C(C)(C)C)c1C. The predicted octanol–water partition coefficient (Wildman–Crippen LogP) is 3.54. The molecule has 1 aromatic rings. The smallest absolute Gasteiger partial charge is 0.0684 e. The fourth-order valence-corrected chi connectivity index (χ4v) is 2.36. The highest BCUT2D eigenvalue weighted by Gasteiger charge is 2.24. The van der Waals surface area contributed by atoms with Crippen LogP contribution in [0.15, 0.2) is 0 Å². The third kappa shape index (κ3) is 2.24. The molecule has 1 aromatic heterocycles. The molecule has 0 saturated heterocycles. The van der Waals surface area contributed by atoms with Crippen LogP contribution in [-0.2, 0) is 12.5 Å². The van der Waals surface area contributed by atoms with Gasteiger partial charge in [0.25, 0.3) is 0 Å². The maximum Gasteiger partial charge on any atom is 0.0684 e. The summed E-state index contributed by atoms with van der Waals surface area (Å²) in [5.74, 6) is 0.562. The van der Waals surface area contributed by atoms with Gasteiger partial charge >= 0.3 is 0 Å². The molecule has 0 radical (unpaired) electrons. The van der Waals surface area contributed by atoms with Gasteiger partial charge in [0.05, 0.1) is 5.69 Å². The summed E-state index contributed by atoms with van der Waals surface area (Å²) in [7, 11) is 2.06. The van der Waals surface area contributed by atoms with E-state index in [0.29, 0.717) is 5.92 Å². The Kier molecular flexibility index (Phi) is 3.27. The van der Waals surface area contributed by atoms with Crippen molar-refractivity contribution in [3.8, 4) is 0 Å². The maximum atomic E-state index is 4.66. The first kappa shape index (κ1) is 12.3. The molecule has 0 aromatic carbocycles. The molecule has 0 saturated carbocycles. The molecule has 0 fully saturated rings. The van der Waals surface area contributed by atoms with Crippen molar-refractivity contribution in [2.45, 2.75) is 59.3 Å². The molecule has 86 valence electrons. The van der Waals surface area contributed by atoms with Gasteiger partial charge in [-0.2, -0.15) is 5.10 Å². The zero-order valence-corrected chi connectivity index (χ0v) is 11.2. The Balaban J connectivity index is 3.27. The molecule has 0 aliphatic rings. The van der Waals surface area contributed by atoms with Crippen LogP contribution in [0, 0.1) is 6.92 Å². The van der Waals surface area contributed by atoms with Gasteiger partial charge in [0, 0.05) is 24.1 Å². The van der Waals surface area contributed by atoms with Gasteiger partial charge in [-0.15, -0.1) is 0 Å². The van der Waals surface area contributed by atoms with E-state index in [1.807, 2.05) is 0 Å². The minimum absolute atomic E-state index is 0.178. The molecule has 0 bridgehead atoms. The summed E-state index contributed by atoms with van der Waals surface area (Å²) >= 11 is 0. The Labute approximate surface area is 93.7 Å². The highest BCUT2D eigenvalue weighted by atomic mass is 15.3. The lowest BCUT2D eigenvalue weighted by Crippen LogP contribution is -2.17. The second-order valence-corrected chi connectivity index (χ2v) is 5.54. The third-order valence-corrected chi connectivity index (χ3v) is 3.11. The summed E-state index contributed by atoms with van der Waals surface area (Å²) in [6.45, 7) is 13.4. The van der Waals surface area contributed by atoms with Crippen LogP contribution in [0.3, 0.4) is 0 Å². The van der Waals surface area contributed by atoms with Crippen LogP contribution in [0.5, 0.6) is 0 Å². The number of aryl methyl sites for hydroxylation is 1. The van der Waals surface area contributed by atoms with E-state index >= 15 is 0 Å². The van der Waals surface area contributed by atoms with Crippen LogP contribution in [0.2, 0.25) is 0 Å². The van der Waals surface area contributed by atoms with E-state index in [2.05, 4.69) is 58.4 Å². The Morgan fingerprint density at radius 1 is 1.33 bits per heavy atom. The standard InChI is InChI=1S/C13H24N2/c1-8-9(2)11-10(3)12(13(4,5)6)15(7)14-11/h9H,8H2,1-7H3. The van der Waals surface area contributed by atoms with Crippen LogP contribution in [0.1, 0.15) is 63.9 Å². The molecule has 0 aliphatic heterocycles. The van der Waals surface area contributed by atoms with Crippen LogP contribution in [0.25, 0.3) is 0 Å². The van der Waals surface area contributed by atoms with Crippen LogP contribution in [-0.4, -0.2) is 9.78 Å². The summed E-state index contributed by atoms with van der Waals surface area (Å²) in [5.41, 5.74) is 4.18. The monoisotopic (exact) mass is 208 g/mol. The number of hydrogen-bond acceptors (Lipinski definition) is 1. The maximum absolute atomic E-state index is 4.66. The minimum Gasteiger partial charge on any atom is -0.272 e. The van der Waals surface area contributed by atoms with E-state index in [0.717, 1.165) is 6.42 Å². The van der Waals surface area contributed by atoms with Gasteiger partial charge in [-0.3, -0.25) is 4.68 Å². The fourth-order valence-electron chi connectivity index (χ4n) is 2.36. The molecule has 1 atom stereocenters. The molecule has 15 heavy (non-hydrogen) atoms. The van der Waals surface area contributed by atoms with Gasteiger partial charge < -0.3 is 0 Å². The molecular formula is C13H24N2. The lowest BCUT2D eigenvalue weighted by molar-refractivity contribution is 0.519. The number of nitrogens with zero attached hydrogens (tertiary/aromatic N) is 2. The summed E-state index contributed by atoms with van der Waals surface area (Å²) in [4.78, 5) is 0. The Morgan fingerprint density at radius 2 is 1.87 bits per heavy atom. The average molecular weight is 208 g/mol. The van der Waals surface area contributed by atoms with Gasteiger partial charge in [-0.25, -0.2) is 0 Å². The first-order chi connectivity index (χ1) is 6.79. The fraction of sp³-hybridized carbons (Fsp3) is 0.769. The molecule has 2 heteroatoms. The normalized spacial score (nSPS) is 14.3. The van der Waals surface area contributed by atoms with Gasteiger partial charge in [0.15, 0.2) is 0 Å². The average Bonchev–Trinajstić information content (AvgIpc) is 2.39. The van der Waals surface area contributed by atoms with Gasteiger partial charge in [0.2, 0.25) is 0 Å². The Bertz CT molecular complexity index is 342. The predicted molar refractivity (Wildman–Crippen MR) is 65.4 cm³/mol. The topological polar surface area (TPSA) is 17.8 Å². The molecule has 0 aliphatic carbocycles. The molecule has 0 N–H and O–H groups in total. The molecule has 0 amide bonds. The van der Waals surface area contributed by atoms with Crippen molar-refractivity contribution >= 4 is 0 Å². The van der Waals surface area contributed by atoms with Crippen LogP contribution < -0.4 is 0 Å². The van der Waals surface area contributed by atoms with Crippen molar-refractivity contribution < 1.29 is 0 Å². The summed E-state index contributed by atoms with van der Waals surface area (Å²) in [6.07, 6.45) is 1.15. The van der Waals surface area contributed by atoms with Crippen molar-refractivity contribution in [3.05, 3.63) is 17.0 Å². The Hall–Kier alpha value is -0.790. The largest absolute Gasteiger partial charge is 0.272 e. The zero-order chi connectivity index (χ0) is 11.8. The quantitative estimate of drug-likeness (QED) is 0.727. The van der Waals surface area contributed by atoms with Gasteiger partial charge in [0.1, 0.15) is 0 Å². The summed E-state index contributed by atoms with van der Waals surface area (Å²) in [5, 5.41) is 4.66. The highest BCUT2D eigenvalue weighted by Crippen LogP contribution is 2.30. The lowest BCUT2D eigenvalue weighted by atomic mass is 9.87. The van der Waals surface area contributed by atoms with Crippen molar-refractivity contribution in [1.82, 2.24) is 9.78 Å². The van der Waals surface area contributed by atoms with E-state index in [1.165, 1.54) is 17.0 Å². The highest BCUT2D eigenvalue weighted by molar-refractivity contribution is 5.31. The number of aromatic nitrogens is 2. The van der Waals surface area contributed by atoms with Crippen molar-refractivity contribution in [1.29, 1.82) is 0 Å². The lowest BCUT2D eigenvalue weighted by Gasteiger charge is -2.20. The van der Waals surface area contributed by atoms with Gasteiger partial charge in [-0.05, 0) is 18.9 Å². The zero-order valence-electron chi connectivity index (χ0n) is 11.2. The van der Waals surface area contributed by atoms with E-state index < -0.39 is 0 Å². The minimum atomic E-state index is 0.178. The van der Waals surface area contributed by atoms with Gasteiger partial charge in [-0.1, -0.05) is 34.6 Å². The molecule has 1 unspecified atom stereocenters. The van der Waals surface area contributed by atoms with E-state index in [1.54, 1.807) is 0 Å². The van der Waals surface area contributed by atoms with E-state index in [9.17, 15) is 0 Å². The third-order valence-electron chi connectivity index (χ3n) is 3.11. The molecule has 1 heterocycles. The first-order valence-corrected chi connectivity index (χ1v) is 5.83. The van der Waals surface area contributed by atoms with Crippen molar-refractivity contribution in [3.63, 3.8) is 0 Å². The number of hydrogen-bond donors (Lipinski definition) is 0. The van der Waals surface area contributed by atoms with E-state index in [4.69, 9.17) is 0 Å². The Morgan fingerprint density at radius 3 is 2.20 bits per heavy atom. The summed E-state index contributed by atoms with van der Waals surface area (Å²) < 4.78 is 2.05. The number of rotatable bonds is 2. The van der Waals surface area contributed by atoms with Crippen molar-refractivity contribution in [2.24, 2.45) is 7.05 Å². The molecule has 0 spiro atoms. The van der Waals surface area contributed by atoms with Crippen LogP contribution >= 0.6 is 0 Å². The van der Waals surface area contributed by atoms with Crippen molar-refractivity contribution in [2.75, 3.05) is 0 Å². The van der Waals surface area contributed by atoms with Crippen LogP contribution in [0.4, 0.5) is 0 Å². The molecular weight excluding hydrogens is 184 g/mol. The summed E-state index contributed by atoms with van der Waals surface area (Å²) in [6, 6.07) is 0. The molecule has 1 rings (SSSR count). The molecule has 2 nitrogen and oxygen atoms in total. The first-order valence-electron chi connectivity index (χ1n) is 5.83.